The van der Waals surface area contributed by atoms with Crippen LogP contribution in [-0.2, 0) is 0 Å². The van der Waals surface area contributed by atoms with Crippen molar-refractivity contribution < 1.29 is 18.3 Å². The fraction of sp³-hybridized carbons (Fsp3) is 0.333. The van der Waals surface area contributed by atoms with Crippen LogP contribution in [0.4, 0.5) is 13.2 Å². The molecule has 0 saturated carbocycles. The zero-order valence-electron chi connectivity index (χ0n) is 7.38. The minimum atomic E-state index is -4.26. The highest BCUT2D eigenvalue weighted by molar-refractivity contribution is 8.00. The first-order valence-corrected chi connectivity index (χ1v) is 4.74. The molecule has 0 spiro atoms. The highest BCUT2D eigenvalue weighted by Gasteiger charge is 2.28. The summed E-state index contributed by atoms with van der Waals surface area (Å²) in [6, 6.07) is 5.66. The second kappa shape index (κ2) is 4.23. The molecular formula is C9H9F3OS. The SMILES string of the molecule is C[C@H](O)c1ccc(SC(F)(F)F)cc1. The molecule has 14 heavy (non-hydrogen) atoms. The van der Waals surface area contributed by atoms with E-state index in [9.17, 15) is 13.2 Å². The predicted molar refractivity (Wildman–Crippen MR) is 49.0 cm³/mol. The van der Waals surface area contributed by atoms with Crippen molar-refractivity contribution in [3.05, 3.63) is 29.8 Å². The van der Waals surface area contributed by atoms with Gasteiger partial charge >= 0.3 is 5.51 Å². The average Bonchev–Trinajstić information content (AvgIpc) is 2.02. The van der Waals surface area contributed by atoms with Crippen LogP contribution in [0.1, 0.15) is 18.6 Å². The topological polar surface area (TPSA) is 20.2 Å². The largest absolute Gasteiger partial charge is 0.446 e. The second-order valence-electron chi connectivity index (χ2n) is 2.79. The molecule has 1 N–H and O–H groups in total. The van der Waals surface area contributed by atoms with Crippen LogP contribution < -0.4 is 0 Å². The molecule has 0 amide bonds. The maximum Gasteiger partial charge on any atom is 0.446 e. The van der Waals surface area contributed by atoms with Gasteiger partial charge in [0.15, 0.2) is 0 Å². The molecule has 0 saturated heterocycles. The minimum Gasteiger partial charge on any atom is -0.389 e. The van der Waals surface area contributed by atoms with E-state index in [4.69, 9.17) is 5.11 Å². The van der Waals surface area contributed by atoms with Crippen LogP contribution in [0.15, 0.2) is 29.2 Å². The van der Waals surface area contributed by atoms with E-state index in [1.807, 2.05) is 0 Å². The van der Waals surface area contributed by atoms with Crippen LogP contribution in [0.5, 0.6) is 0 Å². The van der Waals surface area contributed by atoms with Gasteiger partial charge in [0.05, 0.1) is 6.10 Å². The Morgan fingerprint density at radius 1 is 1.21 bits per heavy atom. The van der Waals surface area contributed by atoms with Gasteiger partial charge in [-0.15, -0.1) is 0 Å². The van der Waals surface area contributed by atoms with Gasteiger partial charge in [-0.25, -0.2) is 0 Å². The van der Waals surface area contributed by atoms with Crippen molar-refractivity contribution in [3.63, 3.8) is 0 Å². The Kier molecular flexibility index (Phi) is 3.44. The van der Waals surface area contributed by atoms with Crippen LogP contribution in [0.3, 0.4) is 0 Å². The fourth-order valence-corrected chi connectivity index (χ4v) is 1.49. The van der Waals surface area contributed by atoms with Gasteiger partial charge in [0.1, 0.15) is 0 Å². The number of halogens is 3. The molecule has 5 heteroatoms. The van der Waals surface area contributed by atoms with Gasteiger partial charge in [-0.2, -0.15) is 13.2 Å². The Morgan fingerprint density at radius 2 is 1.71 bits per heavy atom. The summed E-state index contributed by atoms with van der Waals surface area (Å²) in [6.45, 7) is 1.56. The van der Waals surface area contributed by atoms with Crippen LogP contribution >= 0.6 is 11.8 Å². The number of alkyl halides is 3. The molecule has 1 atom stereocenters. The Bertz CT molecular complexity index is 292. The Hall–Kier alpha value is -0.680. The molecule has 0 aliphatic heterocycles. The summed E-state index contributed by atoms with van der Waals surface area (Å²) in [4.78, 5) is 0.127. The molecule has 78 valence electrons. The van der Waals surface area contributed by atoms with Gasteiger partial charge in [-0.1, -0.05) is 12.1 Å². The van der Waals surface area contributed by atoms with Crippen molar-refractivity contribution in [2.24, 2.45) is 0 Å². The monoisotopic (exact) mass is 222 g/mol. The third-order valence-corrected chi connectivity index (χ3v) is 2.34. The van der Waals surface area contributed by atoms with E-state index in [0.29, 0.717) is 5.56 Å². The summed E-state index contributed by atoms with van der Waals surface area (Å²) >= 11 is -0.160. The first-order valence-electron chi connectivity index (χ1n) is 3.92. The first kappa shape index (κ1) is 11.4. The highest BCUT2D eigenvalue weighted by Crippen LogP contribution is 2.36. The number of rotatable bonds is 2. The van der Waals surface area contributed by atoms with E-state index in [1.165, 1.54) is 24.3 Å². The van der Waals surface area contributed by atoms with E-state index in [0.717, 1.165) is 0 Å². The second-order valence-corrected chi connectivity index (χ2v) is 3.93. The zero-order valence-corrected chi connectivity index (χ0v) is 8.19. The summed E-state index contributed by atoms with van der Waals surface area (Å²) in [7, 11) is 0. The number of thioether (sulfide) groups is 1. The van der Waals surface area contributed by atoms with Gasteiger partial charge in [-0.3, -0.25) is 0 Å². The molecule has 0 aliphatic carbocycles. The van der Waals surface area contributed by atoms with Crippen molar-refractivity contribution in [1.29, 1.82) is 0 Å². The summed E-state index contributed by atoms with van der Waals surface area (Å²) in [5.74, 6) is 0. The number of hydrogen-bond acceptors (Lipinski definition) is 2. The van der Waals surface area contributed by atoms with E-state index in [1.54, 1.807) is 6.92 Å². The normalized spacial score (nSPS) is 14.1. The molecule has 0 fully saturated rings. The summed E-state index contributed by atoms with van der Waals surface area (Å²) in [5, 5.41) is 9.12. The van der Waals surface area contributed by atoms with Crippen molar-refractivity contribution in [2.45, 2.75) is 23.4 Å². The molecule has 1 aromatic carbocycles. The molecule has 1 nitrogen and oxygen atoms in total. The first-order chi connectivity index (χ1) is 6.38. The predicted octanol–water partition coefficient (Wildman–Crippen LogP) is 3.35. The van der Waals surface area contributed by atoms with Gasteiger partial charge in [-0.05, 0) is 36.4 Å². The van der Waals surface area contributed by atoms with Crippen molar-refractivity contribution in [3.8, 4) is 0 Å². The van der Waals surface area contributed by atoms with E-state index in [2.05, 4.69) is 0 Å². The van der Waals surface area contributed by atoms with Crippen molar-refractivity contribution in [2.75, 3.05) is 0 Å². The number of hydrogen-bond donors (Lipinski definition) is 1. The molecule has 0 radical (unpaired) electrons. The standard InChI is InChI=1S/C9H9F3OS/c1-6(13)7-2-4-8(5-3-7)14-9(10,11)12/h2-6,13H,1H3/t6-/m0/s1. The molecule has 0 bridgehead atoms. The van der Waals surface area contributed by atoms with E-state index >= 15 is 0 Å². The number of aliphatic hydroxyl groups excluding tert-OH is 1. The van der Waals surface area contributed by atoms with E-state index in [-0.39, 0.29) is 16.7 Å². The van der Waals surface area contributed by atoms with E-state index < -0.39 is 11.6 Å². The quantitative estimate of drug-likeness (QED) is 0.774. The Labute approximate surface area is 83.9 Å². The third kappa shape index (κ3) is 3.59. The maximum absolute atomic E-state index is 11.9. The molecule has 0 aromatic heterocycles. The van der Waals surface area contributed by atoms with Crippen molar-refractivity contribution in [1.82, 2.24) is 0 Å². The lowest BCUT2D eigenvalue weighted by Crippen LogP contribution is -1.99. The Morgan fingerprint density at radius 3 is 2.07 bits per heavy atom. The molecule has 1 aromatic rings. The number of aliphatic hydroxyl groups is 1. The maximum atomic E-state index is 11.9. The lowest BCUT2D eigenvalue weighted by molar-refractivity contribution is -0.0328. The smallest absolute Gasteiger partial charge is 0.389 e. The molecule has 0 unspecified atom stereocenters. The zero-order chi connectivity index (χ0) is 10.8. The lowest BCUT2D eigenvalue weighted by Gasteiger charge is -2.07. The molecule has 1 rings (SSSR count). The van der Waals surface area contributed by atoms with Crippen LogP contribution in [0.25, 0.3) is 0 Å². The van der Waals surface area contributed by atoms with Gasteiger partial charge < -0.3 is 5.11 Å². The average molecular weight is 222 g/mol. The van der Waals surface area contributed by atoms with Gasteiger partial charge in [0, 0.05) is 4.90 Å². The fourth-order valence-electron chi connectivity index (χ4n) is 0.948. The van der Waals surface area contributed by atoms with Crippen molar-refractivity contribution >= 4 is 11.8 Å². The Balaban J connectivity index is 2.74. The van der Waals surface area contributed by atoms with Gasteiger partial charge in [0.2, 0.25) is 0 Å². The molecule has 0 heterocycles. The summed E-state index contributed by atoms with van der Waals surface area (Å²) in [5.41, 5.74) is -3.65. The van der Waals surface area contributed by atoms with Crippen LogP contribution in [-0.4, -0.2) is 10.6 Å². The summed E-state index contributed by atoms with van der Waals surface area (Å²) in [6.07, 6.45) is -0.653. The number of benzene rings is 1. The highest BCUT2D eigenvalue weighted by atomic mass is 32.2. The van der Waals surface area contributed by atoms with Gasteiger partial charge in [0.25, 0.3) is 0 Å². The lowest BCUT2D eigenvalue weighted by atomic mass is 10.1. The van der Waals surface area contributed by atoms with Crippen LogP contribution in [0, 0.1) is 0 Å². The van der Waals surface area contributed by atoms with Crippen LogP contribution in [0.2, 0.25) is 0 Å². The minimum absolute atomic E-state index is 0.127. The molecule has 0 aliphatic rings. The summed E-state index contributed by atoms with van der Waals surface area (Å²) < 4.78 is 35.7. The third-order valence-electron chi connectivity index (χ3n) is 1.60. The molecular weight excluding hydrogens is 213 g/mol.